The highest BCUT2D eigenvalue weighted by atomic mass is 16.3. The average molecular weight is 190 g/mol. The SMILES string of the molecule is Cc1ccc([C@H](N)C(C)O)c(C#N)c1. The van der Waals surface area contributed by atoms with E-state index in [1.165, 1.54) is 0 Å². The number of hydrogen-bond donors (Lipinski definition) is 2. The Morgan fingerprint density at radius 3 is 2.64 bits per heavy atom. The fraction of sp³-hybridized carbons (Fsp3) is 0.364. The number of aliphatic hydroxyl groups is 1. The summed E-state index contributed by atoms with van der Waals surface area (Å²) in [6.07, 6.45) is -0.648. The average Bonchev–Trinajstić information content (AvgIpc) is 2.16. The van der Waals surface area contributed by atoms with Crippen LogP contribution in [0.3, 0.4) is 0 Å². The van der Waals surface area contributed by atoms with E-state index in [0.29, 0.717) is 11.1 Å². The number of aliphatic hydroxyl groups excluding tert-OH is 1. The van der Waals surface area contributed by atoms with E-state index in [9.17, 15) is 5.11 Å². The van der Waals surface area contributed by atoms with Crippen molar-refractivity contribution in [3.8, 4) is 6.07 Å². The van der Waals surface area contributed by atoms with Crippen molar-refractivity contribution in [2.75, 3.05) is 0 Å². The minimum Gasteiger partial charge on any atom is -0.391 e. The van der Waals surface area contributed by atoms with Crippen LogP contribution in [0.25, 0.3) is 0 Å². The first-order valence-electron chi connectivity index (χ1n) is 4.50. The molecule has 0 bridgehead atoms. The van der Waals surface area contributed by atoms with Gasteiger partial charge in [0.15, 0.2) is 0 Å². The van der Waals surface area contributed by atoms with E-state index in [4.69, 9.17) is 11.0 Å². The van der Waals surface area contributed by atoms with Crippen molar-refractivity contribution < 1.29 is 5.11 Å². The van der Waals surface area contributed by atoms with Crippen LogP contribution in [0.4, 0.5) is 0 Å². The van der Waals surface area contributed by atoms with Gasteiger partial charge in [0.05, 0.1) is 23.8 Å². The molecule has 0 aliphatic rings. The van der Waals surface area contributed by atoms with Crippen molar-refractivity contribution in [3.05, 3.63) is 34.9 Å². The largest absolute Gasteiger partial charge is 0.391 e. The van der Waals surface area contributed by atoms with E-state index in [2.05, 4.69) is 6.07 Å². The van der Waals surface area contributed by atoms with Gasteiger partial charge < -0.3 is 10.8 Å². The number of nitriles is 1. The number of aryl methyl sites for hydroxylation is 1. The standard InChI is InChI=1S/C11H14N2O/c1-7-3-4-10(9(5-7)6-12)11(13)8(2)14/h3-5,8,11,14H,13H2,1-2H3/t8?,11-/m1/s1. The highest BCUT2D eigenvalue weighted by molar-refractivity contribution is 5.42. The molecular weight excluding hydrogens is 176 g/mol. The van der Waals surface area contributed by atoms with E-state index < -0.39 is 12.1 Å². The summed E-state index contributed by atoms with van der Waals surface area (Å²) in [4.78, 5) is 0. The molecule has 0 fully saturated rings. The molecule has 3 N–H and O–H groups in total. The first-order chi connectivity index (χ1) is 6.56. The van der Waals surface area contributed by atoms with E-state index in [1.54, 1.807) is 19.1 Å². The molecule has 1 unspecified atom stereocenters. The maximum Gasteiger partial charge on any atom is 0.0995 e. The molecule has 1 aromatic carbocycles. The molecule has 1 rings (SSSR count). The molecule has 3 nitrogen and oxygen atoms in total. The van der Waals surface area contributed by atoms with E-state index in [0.717, 1.165) is 5.56 Å². The topological polar surface area (TPSA) is 70.0 Å². The van der Waals surface area contributed by atoms with Gasteiger partial charge in [-0.2, -0.15) is 5.26 Å². The Bertz CT molecular complexity index is 366. The Labute approximate surface area is 83.8 Å². The Hall–Kier alpha value is -1.37. The second kappa shape index (κ2) is 4.23. The van der Waals surface area contributed by atoms with Crippen molar-refractivity contribution in [1.29, 1.82) is 5.26 Å². The lowest BCUT2D eigenvalue weighted by molar-refractivity contribution is 0.164. The van der Waals surface area contributed by atoms with Gasteiger partial charge in [-0.25, -0.2) is 0 Å². The van der Waals surface area contributed by atoms with Gasteiger partial charge in [-0.1, -0.05) is 12.1 Å². The van der Waals surface area contributed by atoms with Crippen molar-refractivity contribution in [2.45, 2.75) is 26.0 Å². The monoisotopic (exact) mass is 190 g/mol. The first-order valence-corrected chi connectivity index (χ1v) is 4.50. The molecule has 74 valence electrons. The summed E-state index contributed by atoms with van der Waals surface area (Å²) in [5.41, 5.74) is 8.02. The van der Waals surface area contributed by atoms with Crippen LogP contribution in [0.5, 0.6) is 0 Å². The molecule has 0 aliphatic carbocycles. The minimum absolute atomic E-state index is 0.495. The van der Waals surface area contributed by atoms with Gasteiger partial charge in [0.25, 0.3) is 0 Å². The molecule has 0 aromatic heterocycles. The lowest BCUT2D eigenvalue weighted by Crippen LogP contribution is -2.24. The number of nitrogens with zero attached hydrogens (tertiary/aromatic N) is 1. The fourth-order valence-corrected chi connectivity index (χ4v) is 1.32. The van der Waals surface area contributed by atoms with Crippen molar-refractivity contribution in [3.63, 3.8) is 0 Å². The van der Waals surface area contributed by atoms with Crippen molar-refractivity contribution in [1.82, 2.24) is 0 Å². The smallest absolute Gasteiger partial charge is 0.0995 e. The van der Waals surface area contributed by atoms with Gasteiger partial charge in [0.1, 0.15) is 0 Å². The van der Waals surface area contributed by atoms with Crippen LogP contribution in [0.15, 0.2) is 18.2 Å². The van der Waals surface area contributed by atoms with E-state index >= 15 is 0 Å². The molecule has 0 amide bonds. The highest BCUT2D eigenvalue weighted by Gasteiger charge is 2.15. The summed E-state index contributed by atoms with van der Waals surface area (Å²) in [5.74, 6) is 0. The Morgan fingerprint density at radius 2 is 2.14 bits per heavy atom. The summed E-state index contributed by atoms with van der Waals surface area (Å²) in [6, 6.07) is 7.05. The van der Waals surface area contributed by atoms with Gasteiger partial charge in [-0.3, -0.25) is 0 Å². The predicted octanol–water partition coefficient (Wildman–Crippen LogP) is 1.25. The second-order valence-electron chi connectivity index (χ2n) is 3.47. The summed E-state index contributed by atoms with van der Waals surface area (Å²) >= 11 is 0. The zero-order valence-electron chi connectivity index (χ0n) is 8.36. The summed E-state index contributed by atoms with van der Waals surface area (Å²) in [5, 5.41) is 18.2. The molecule has 14 heavy (non-hydrogen) atoms. The first kappa shape index (κ1) is 10.7. The van der Waals surface area contributed by atoms with E-state index in [1.807, 2.05) is 13.0 Å². The molecule has 2 atom stereocenters. The van der Waals surface area contributed by atoms with Gasteiger partial charge in [0.2, 0.25) is 0 Å². The molecule has 0 spiro atoms. The van der Waals surface area contributed by atoms with Crippen molar-refractivity contribution in [2.24, 2.45) is 5.73 Å². The summed E-state index contributed by atoms with van der Waals surface area (Å²) in [6.45, 7) is 3.53. The Morgan fingerprint density at radius 1 is 1.50 bits per heavy atom. The lowest BCUT2D eigenvalue weighted by Gasteiger charge is -2.16. The third kappa shape index (κ3) is 2.11. The minimum atomic E-state index is -0.648. The molecule has 0 saturated heterocycles. The van der Waals surface area contributed by atoms with Crippen LogP contribution in [-0.2, 0) is 0 Å². The molecular formula is C11H14N2O. The van der Waals surface area contributed by atoms with Crippen LogP contribution in [0.1, 0.15) is 29.7 Å². The molecule has 0 saturated carbocycles. The summed E-state index contributed by atoms with van der Waals surface area (Å²) < 4.78 is 0. The zero-order chi connectivity index (χ0) is 10.7. The third-order valence-electron chi connectivity index (χ3n) is 2.21. The van der Waals surface area contributed by atoms with Crippen LogP contribution >= 0.6 is 0 Å². The Kier molecular flexibility index (Phi) is 3.23. The fourth-order valence-electron chi connectivity index (χ4n) is 1.32. The van der Waals surface area contributed by atoms with Crippen LogP contribution in [0, 0.1) is 18.3 Å². The maximum absolute atomic E-state index is 9.33. The van der Waals surface area contributed by atoms with Gasteiger partial charge in [-0.05, 0) is 31.0 Å². The quantitative estimate of drug-likeness (QED) is 0.737. The number of benzene rings is 1. The summed E-state index contributed by atoms with van der Waals surface area (Å²) in [7, 11) is 0. The normalized spacial score (nSPS) is 14.5. The number of rotatable bonds is 2. The lowest BCUT2D eigenvalue weighted by atomic mass is 9.97. The number of hydrogen-bond acceptors (Lipinski definition) is 3. The molecule has 3 heteroatoms. The molecule has 1 aromatic rings. The van der Waals surface area contributed by atoms with Crippen molar-refractivity contribution >= 4 is 0 Å². The van der Waals surface area contributed by atoms with Gasteiger partial charge >= 0.3 is 0 Å². The van der Waals surface area contributed by atoms with Gasteiger partial charge in [-0.15, -0.1) is 0 Å². The third-order valence-corrected chi connectivity index (χ3v) is 2.21. The van der Waals surface area contributed by atoms with Crippen LogP contribution < -0.4 is 5.73 Å². The van der Waals surface area contributed by atoms with Gasteiger partial charge in [0, 0.05) is 0 Å². The zero-order valence-corrected chi connectivity index (χ0v) is 8.36. The molecule has 0 aliphatic heterocycles. The van der Waals surface area contributed by atoms with Crippen LogP contribution in [0.2, 0.25) is 0 Å². The molecule has 0 heterocycles. The number of nitrogens with two attached hydrogens (primary N) is 1. The Balaban J connectivity index is 3.16. The maximum atomic E-state index is 9.33. The van der Waals surface area contributed by atoms with E-state index in [-0.39, 0.29) is 0 Å². The second-order valence-corrected chi connectivity index (χ2v) is 3.47. The van der Waals surface area contributed by atoms with Crippen LogP contribution in [-0.4, -0.2) is 11.2 Å². The molecule has 0 radical (unpaired) electrons. The highest BCUT2D eigenvalue weighted by Crippen LogP contribution is 2.19. The predicted molar refractivity (Wildman–Crippen MR) is 54.5 cm³/mol.